The van der Waals surface area contributed by atoms with Crippen molar-refractivity contribution in [2.75, 3.05) is 18.0 Å². The number of anilines is 1. The smallest absolute Gasteiger partial charge is 0.209 e. The van der Waals surface area contributed by atoms with E-state index in [1.165, 1.54) is 24.6 Å². The molecule has 4 aromatic rings. The minimum absolute atomic E-state index is 0.737. The Hall–Kier alpha value is -2.04. The Morgan fingerprint density at radius 3 is 2.76 bits per heavy atom. The van der Waals surface area contributed by atoms with Crippen LogP contribution in [-0.2, 0) is 0 Å². The summed E-state index contributed by atoms with van der Waals surface area (Å²) >= 11 is 4.78. The third-order valence-electron chi connectivity index (χ3n) is 3.98. The molecule has 0 aromatic carbocycles. The summed E-state index contributed by atoms with van der Waals surface area (Å²) in [6.45, 7) is 2.16. The lowest BCUT2D eigenvalue weighted by molar-refractivity contribution is 0.858. The van der Waals surface area contributed by atoms with Gasteiger partial charge in [0.2, 0.25) is 5.13 Å². The minimum atomic E-state index is 0.737. The lowest BCUT2D eigenvalue weighted by Gasteiger charge is -2.10. The number of rotatable bonds is 4. The van der Waals surface area contributed by atoms with Crippen molar-refractivity contribution in [2.24, 2.45) is 0 Å². The highest BCUT2D eigenvalue weighted by molar-refractivity contribution is 8.01. The first kappa shape index (κ1) is 15.2. The van der Waals surface area contributed by atoms with Gasteiger partial charge in [-0.1, -0.05) is 11.3 Å². The molecule has 5 heterocycles. The van der Waals surface area contributed by atoms with Crippen molar-refractivity contribution >= 4 is 45.2 Å². The van der Waals surface area contributed by atoms with E-state index in [9.17, 15) is 0 Å². The molecule has 1 aliphatic heterocycles. The van der Waals surface area contributed by atoms with Crippen LogP contribution in [0, 0.1) is 0 Å². The largest absolute Gasteiger partial charge is 0.347 e. The second-order valence-corrected chi connectivity index (χ2v) is 8.63. The van der Waals surface area contributed by atoms with Gasteiger partial charge in [0, 0.05) is 24.0 Å². The molecule has 0 saturated carbocycles. The molecular formula is C15H13N7S3. The van der Waals surface area contributed by atoms with Gasteiger partial charge in [0.1, 0.15) is 5.03 Å². The van der Waals surface area contributed by atoms with Gasteiger partial charge in [-0.05, 0) is 48.2 Å². The van der Waals surface area contributed by atoms with E-state index in [2.05, 4.69) is 30.4 Å². The van der Waals surface area contributed by atoms with Gasteiger partial charge >= 0.3 is 0 Å². The van der Waals surface area contributed by atoms with Crippen LogP contribution in [0.5, 0.6) is 0 Å². The molecule has 0 unspecified atom stereocenters. The van der Waals surface area contributed by atoms with Crippen LogP contribution in [0.1, 0.15) is 12.8 Å². The third kappa shape index (κ3) is 2.90. The second kappa shape index (κ2) is 6.36. The summed E-state index contributed by atoms with van der Waals surface area (Å²) in [5, 5.41) is 27.7. The standard InChI is InChI=1S/C15H13N7S3/c1-2-7-21(6-1)14-18-19-15(25-14)24-12-4-3-11-16-17-13(22(11)20-12)10-5-8-23-9-10/h3-5,8-9H,1-2,6-7H2. The number of fused-ring (bicyclic) bond motifs is 1. The van der Waals surface area contributed by atoms with Gasteiger partial charge in [-0.25, -0.2) is 0 Å². The summed E-state index contributed by atoms with van der Waals surface area (Å²) in [5.41, 5.74) is 1.76. The predicted molar refractivity (Wildman–Crippen MR) is 99.6 cm³/mol. The van der Waals surface area contributed by atoms with Crippen LogP contribution in [-0.4, -0.2) is 43.1 Å². The van der Waals surface area contributed by atoms with E-state index in [0.29, 0.717) is 0 Å². The van der Waals surface area contributed by atoms with E-state index >= 15 is 0 Å². The van der Waals surface area contributed by atoms with E-state index in [1.807, 2.05) is 29.0 Å². The van der Waals surface area contributed by atoms with Gasteiger partial charge in [0.05, 0.1) is 0 Å². The minimum Gasteiger partial charge on any atom is -0.347 e. The molecule has 4 aromatic heterocycles. The molecule has 0 atom stereocenters. The highest BCUT2D eigenvalue weighted by Crippen LogP contribution is 2.33. The Morgan fingerprint density at radius 2 is 1.92 bits per heavy atom. The van der Waals surface area contributed by atoms with E-state index in [1.54, 1.807) is 27.2 Å². The molecule has 5 rings (SSSR count). The fraction of sp³-hybridized carbons (Fsp3) is 0.267. The van der Waals surface area contributed by atoms with E-state index in [0.717, 1.165) is 44.6 Å². The number of hydrogen-bond donors (Lipinski definition) is 0. The van der Waals surface area contributed by atoms with Crippen LogP contribution in [0.4, 0.5) is 5.13 Å². The SMILES string of the molecule is c1cc(-c2nnc3ccc(Sc4nnc(N5CCCC5)s4)nn23)cs1. The Morgan fingerprint density at radius 1 is 1.00 bits per heavy atom. The summed E-state index contributed by atoms with van der Waals surface area (Å²) in [6, 6.07) is 5.90. The average Bonchev–Trinajstić information content (AvgIpc) is 3.40. The quantitative estimate of drug-likeness (QED) is 0.531. The zero-order valence-corrected chi connectivity index (χ0v) is 15.5. The summed E-state index contributed by atoms with van der Waals surface area (Å²) in [4.78, 5) is 2.30. The van der Waals surface area contributed by atoms with Crippen LogP contribution in [0.15, 0.2) is 38.3 Å². The molecule has 126 valence electrons. The van der Waals surface area contributed by atoms with Gasteiger partial charge in [-0.2, -0.15) is 21.0 Å². The van der Waals surface area contributed by atoms with Crippen LogP contribution < -0.4 is 4.90 Å². The molecule has 25 heavy (non-hydrogen) atoms. The number of thiophene rings is 1. The Labute approximate surface area is 155 Å². The Kier molecular flexibility index (Phi) is 3.87. The maximum Gasteiger partial charge on any atom is 0.209 e. The van der Waals surface area contributed by atoms with Crippen LogP contribution in [0.3, 0.4) is 0 Å². The summed E-state index contributed by atoms with van der Waals surface area (Å²) < 4.78 is 2.69. The van der Waals surface area contributed by atoms with Gasteiger partial charge in [0.15, 0.2) is 15.8 Å². The molecule has 0 radical (unpaired) electrons. The molecule has 7 nitrogen and oxygen atoms in total. The Balaban J connectivity index is 1.44. The third-order valence-corrected chi connectivity index (χ3v) is 6.63. The van der Waals surface area contributed by atoms with Gasteiger partial charge in [0.25, 0.3) is 0 Å². The summed E-state index contributed by atoms with van der Waals surface area (Å²) in [5.74, 6) is 0.758. The van der Waals surface area contributed by atoms with Gasteiger partial charge < -0.3 is 4.90 Å². The molecule has 10 heteroatoms. The zero-order chi connectivity index (χ0) is 16.6. The molecule has 0 amide bonds. The van der Waals surface area contributed by atoms with Gasteiger partial charge in [-0.3, -0.25) is 0 Å². The molecule has 1 aliphatic rings. The lowest BCUT2D eigenvalue weighted by atomic mass is 10.3. The average molecular weight is 388 g/mol. The summed E-state index contributed by atoms with van der Waals surface area (Å²) in [7, 11) is 0. The molecule has 0 bridgehead atoms. The van der Waals surface area contributed by atoms with Crippen molar-refractivity contribution in [2.45, 2.75) is 22.2 Å². The molecule has 1 saturated heterocycles. The first-order chi connectivity index (χ1) is 12.4. The predicted octanol–water partition coefficient (Wildman–Crippen LogP) is 3.46. The number of aromatic nitrogens is 6. The lowest BCUT2D eigenvalue weighted by Crippen LogP contribution is -2.17. The maximum absolute atomic E-state index is 4.68. The van der Waals surface area contributed by atoms with Crippen molar-refractivity contribution in [1.82, 2.24) is 30.0 Å². The van der Waals surface area contributed by atoms with E-state index in [4.69, 9.17) is 0 Å². The van der Waals surface area contributed by atoms with Crippen LogP contribution in [0.25, 0.3) is 17.0 Å². The first-order valence-corrected chi connectivity index (χ1v) is 10.5. The van der Waals surface area contributed by atoms with Crippen molar-refractivity contribution in [3.8, 4) is 11.4 Å². The normalized spacial score (nSPS) is 14.6. The molecular weight excluding hydrogens is 374 g/mol. The van der Waals surface area contributed by atoms with E-state index in [-0.39, 0.29) is 0 Å². The molecule has 1 fully saturated rings. The fourth-order valence-corrected chi connectivity index (χ4v) is 5.20. The monoisotopic (exact) mass is 387 g/mol. The van der Waals surface area contributed by atoms with Crippen molar-refractivity contribution < 1.29 is 0 Å². The van der Waals surface area contributed by atoms with Crippen molar-refractivity contribution in [3.63, 3.8) is 0 Å². The second-order valence-electron chi connectivity index (χ2n) is 5.62. The highest BCUT2D eigenvalue weighted by Gasteiger charge is 2.18. The Bertz CT molecular complexity index is 1000. The van der Waals surface area contributed by atoms with Gasteiger partial charge in [-0.15, -0.1) is 20.4 Å². The molecule has 0 spiro atoms. The molecule has 0 aliphatic carbocycles. The van der Waals surface area contributed by atoms with Crippen LogP contribution in [0.2, 0.25) is 0 Å². The van der Waals surface area contributed by atoms with Crippen LogP contribution >= 0.6 is 34.4 Å². The topological polar surface area (TPSA) is 72.1 Å². The van der Waals surface area contributed by atoms with E-state index < -0.39 is 0 Å². The van der Waals surface area contributed by atoms with Crippen molar-refractivity contribution in [1.29, 1.82) is 0 Å². The maximum atomic E-state index is 4.68. The number of nitrogens with zero attached hydrogens (tertiary/aromatic N) is 7. The summed E-state index contributed by atoms with van der Waals surface area (Å²) in [6.07, 6.45) is 2.47. The van der Waals surface area contributed by atoms with Crippen molar-refractivity contribution in [3.05, 3.63) is 29.0 Å². The zero-order valence-electron chi connectivity index (χ0n) is 13.1. The fourth-order valence-electron chi connectivity index (χ4n) is 2.77. The first-order valence-electron chi connectivity index (χ1n) is 7.88. The highest BCUT2D eigenvalue weighted by atomic mass is 32.2. The molecule has 0 N–H and O–H groups in total. The number of hydrogen-bond acceptors (Lipinski definition) is 9.